The van der Waals surface area contributed by atoms with Gasteiger partial charge in [-0.3, -0.25) is 14.4 Å². The number of amides is 2. The number of pyridine rings is 1. The predicted octanol–water partition coefficient (Wildman–Crippen LogP) is 3.12. The maximum atomic E-state index is 14.3. The maximum Gasteiger partial charge on any atom is 0.275 e. The van der Waals surface area contributed by atoms with Crippen LogP contribution in [0.3, 0.4) is 0 Å². The predicted molar refractivity (Wildman–Crippen MR) is 140 cm³/mol. The molecule has 1 saturated heterocycles. The topological polar surface area (TPSA) is 99.1 Å². The Balaban J connectivity index is 1.37. The van der Waals surface area contributed by atoms with Crippen LogP contribution in [0.25, 0.3) is 0 Å². The monoisotopic (exact) mass is 563 g/mol. The van der Waals surface area contributed by atoms with Gasteiger partial charge in [0, 0.05) is 37.7 Å². The van der Waals surface area contributed by atoms with Crippen LogP contribution in [0.15, 0.2) is 53.3 Å². The van der Waals surface area contributed by atoms with Crippen LogP contribution in [0.4, 0.5) is 8.78 Å². The van der Waals surface area contributed by atoms with Gasteiger partial charge < -0.3 is 29.0 Å². The zero-order valence-electron chi connectivity index (χ0n) is 22.1. The highest BCUT2D eigenvalue weighted by Gasteiger charge is 2.64. The van der Waals surface area contributed by atoms with Gasteiger partial charge >= 0.3 is 0 Å². The van der Waals surface area contributed by atoms with Gasteiger partial charge in [-0.25, -0.2) is 8.78 Å². The van der Waals surface area contributed by atoms with Crippen molar-refractivity contribution in [2.45, 2.75) is 43.9 Å². The van der Waals surface area contributed by atoms with E-state index < -0.39 is 29.1 Å². The number of carbonyl (C=O) groups excluding carboxylic acids is 2. The molecular formula is C30H27F2N3O6. The number of nitrogens with one attached hydrogen (secondary N) is 1. The summed E-state index contributed by atoms with van der Waals surface area (Å²) in [5, 5.41) is 2.61. The van der Waals surface area contributed by atoms with Crippen LogP contribution in [0.1, 0.15) is 56.2 Å². The molecule has 7 rings (SSSR count). The van der Waals surface area contributed by atoms with Crippen LogP contribution < -0.4 is 15.5 Å². The minimum atomic E-state index is -0.818. The first-order chi connectivity index (χ1) is 19.9. The lowest BCUT2D eigenvalue weighted by atomic mass is 9.63. The van der Waals surface area contributed by atoms with Crippen LogP contribution in [-0.4, -0.2) is 53.7 Å². The summed E-state index contributed by atoms with van der Waals surface area (Å²) in [6, 6.07) is 11.8. The normalized spacial score (nSPS) is 25.3. The second-order valence-electron chi connectivity index (χ2n) is 10.8. The molecule has 1 aromatic heterocycles. The fourth-order valence-electron chi connectivity index (χ4n) is 6.85. The Labute approximate surface area is 233 Å². The molecule has 11 heteroatoms. The molecular weight excluding hydrogens is 536 g/mol. The number of halogens is 2. The lowest BCUT2D eigenvalue weighted by Crippen LogP contribution is -2.73. The molecule has 0 radical (unpaired) electrons. The molecule has 3 aromatic rings. The number of nitrogens with zero attached hydrogens (tertiary/aromatic N) is 2. The standard InChI is InChI=1S/C30H27F2N3O6/c1-39-20-12-18-22-24-27(18)40-10-9-34(24)30(38)25-28(41-14-15-5-3-2-4-6-15)26(36)21(23(20)35(22)25)29(37)33-13-16-7-8-17(31)11-19(16)32/h2-8,11,18,20,22,24,27H,9-10,12-14H2,1H3,(H,33,37)/t18?,20?,22?,24?,27-/m1/s1. The zero-order chi connectivity index (χ0) is 28.4. The average Bonchev–Trinajstić information content (AvgIpc) is 2.97. The third kappa shape index (κ3) is 3.90. The SMILES string of the molecule is COC1CC2C3C4[C@@H]2OCCN4C(=O)c2c(OCc4ccccc4)c(=O)c(C(=O)NCc4ccc(F)cc4F)c1n23. The number of methoxy groups -OCH3 is 1. The molecule has 1 aliphatic carbocycles. The molecule has 2 fully saturated rings. The van der Waals surface area contributed by atoms with Crippen molar-refractivity contribution in [1.29, 1.82) is 0 Å². The molecule has 4 heterocycles. The number of carbonyl (C=O) groups is 2. The molecule has 1 N–H and O–H groups in total. The van der Waals surface area contributed by atoms with Gasteiger partial charge in [0.1, 0.15) is 23.8 Å². The molecule has 0 bridgehead atoms. The van der Waals surface area contributed by atoms with E-state index in [-0.39, 0.29) is 65.7 Å². The number of ether oxygens (including phenoxy) is 3. The van der Waals surface area contributed by atoms with Gasteiger partial charge in [0.25, 0.3) is 11.8 Å². The van der Waals surface area contributed by atoms with Crippen molar-refractivity contribution in [1.82, 2.24) is 14.8 Å². The second-order valence-corrected chi connectivity index (χ2v) is 10.8. The van der Waals surface area contributed by atoms with Crippen molar-refractivity contribution in [3.8, 4) is 5.75 Å². The largest absolute Gasteiger partial charge is 0.483 e. The maximum absolute atomic E-state index is 14.3. The smallest absolute Gasteiger partial charge is 0.275 e. The lowest BCUT2D eigenvalue weighted by Gasteiger charge is -2.64. The van der Waals surface area contributed by atoms with Gasteiger partial charge in [-0.2, -0.15) is 0 Å². The Hall–Kier alpha value is -4.09. The molecule has 41 heavy (non-hydrogen) atoms. The molecule has 5 atom stereocenters. The van der Waals surface area contributed by atoms with E-state index in [9.17, 15) is 23.2 Å². The fraction of sp³-hybridized carbons (Fsp3) is 0.367. The van der Waals surface area contributed by atoms with Gasteiger partial charge in [0.2, 0.25) is 5.43 Å². The summed E-state index contributed by atoms with van der Waals surface area (Å²) in [5.74, 6) is -2.86. The summed E-state index contributed by atoms with van der Waals surface area (Å²) in [4.78, 5) is 43.6. The lowest BCUT2D eigenvalue weighted by molar-refractivity contribution is -0.200. The Morgan fingerprint density at radius 3 is 2.68 bits per heavy atom. The van der Waals surface area contributed by atoms with E-state index in [4.69, 9.17) is 14.2 Å². The molecule has 2 amide bonds. The van der Waals surface area contributed by atoms with Crippen molar-refractivity contribution in [2.75, 3.05) is 20.3 Å². The van der Waals surface area contributed by atoms with Gasteiger partial charge in [-0.15, -0.1) is 0 Å². The summed E-state index contributed by atoms with van der Waals surface area (Å²) in [6.45, 7) is 0.519. The highest BCUT2D eigenvalue weighted by atomic mass is 19.1. The first-order valence-corrected chi connectivity index (χ1v) is 13.6. The first-order valence-electron chi connectivity index (χ1n) is 13.6. The average molecular weight is 564 g/mol. The van der Waals surface area contributed by atoms with E-state index >= 15 is 0 Å². The number of hydrogen-bond donors (Lipinski definition) is 1. The van der Waals surface area contributed by atoms with E-state index in [0.717, 1.165) is 17.7 Å². The fourth-order valence-corrected chi connectivity index (χ4v) is 6.85. The highest BCUT2D eigenvalue weighted by Crippen LogP contribution is 2.57. The minimum absolute atomic E-state index is 0.00846. The van der Waals surface area contributed by atoms with Crippen LogP contribution in [0, 0.1) is 17.6 Å². The molecule has 4 aliphatic rings. The van der Waals surface area contributed by atoms with Gasteiger partial charge in [-0.05, 0) is 18.1 Å². The quantitative estimate of drug-likeness (QED) is 0.475. The molecule has 9 nitrogen and oxygen atoms in total. The molecule has 1 saturated carbocycles. The summed E-state index contributed by atoms with van der Waals surface area (Å²) in [6.07, 6.45) is -0.330. The Morgan fingerprint density at radius 1 is 1.12 bits per heavy atom. The Kier molecular flexibility index (Phi) is 6.16. The number of rotatable bonds is 7. The zero-order valence-corrected chi connectivity index (χ0v) is 22.1. The molecule has 0 spiro atoms. The van der Waals surface area contributed by atoms with E-state index in [0.29, 0.717) is 25.3 Å². The van der Waals surface area contributed by atoms with E-state index in [1.165, 1.54) is 13.2 Å². The minimum Gasteiger partial charge on any atom is -0.483 e. The molecule has 2 aromatic carbocycles. The van der Waals surface area contributed by atoms with Crippen LogP contribution in [0.2, 0.25) is 0 Å². The van der Waals surface area contributed by atoms with Gasteiger partial charge in [0.15, 0.2) is 11.4 Å². The first kappa shape index (κ1) is 25.8. The summed E-state index contributed by atoms with van der Waals surface area (Å²) >= 11 is 0. The van der Waals surface area contributed by atoms with Gasteiger partial charge in [-0.1, -0.05) is 36.4 Å². The number of aromatic nitrogens is 1. The van der Waals surface area contributed by atoms with E-state index in [2.05, 4.69) is 5.32 Å². The van der Waals surface area contributed by atoms with Crippen LogP contribution in [-0.2, 0) is 22.6 Å². The van der Waals surface area contributed by atoms with Crippen LogP contribution in [0.5, 0.6) is 5.75 Å². The summed E-state index contributed by atoms with van der Waals surface area (Å²) in [7, 11) is 1.49. The van der Waals surface area contributed by atoms with Crippen molar-refractivity contribution < 1.29 is 32.6 Å². The summed E-state index contributed by atoms with van der Waals surface area (Å²) in [5.41, 5.74) is 0.290. The third-order valence-corrected chi connectivity index (χ3v) is 8.70. The Morgan fingerprint density at radius 2 is 1.93 bits per heavy atom. The second kappa shape index (κ2) is 9.78. The molecule has 212 valence electrons. The van der Waals surface area contributed by atoms with E-state index in [1.54, 1.807) is 9.47 Å². The van der Waals surface area contributed by atoms with E-state index in [1.807, 2.05) is 30.3 Å². The van der Waals surface area contributed by atoms with Crippen molar-refractivity contribution in [3.05, 3.63) is 98.5 Å². The van der Waals surface area contributed by atoms with Crippen molar-refractivity contribution >= 4 is 11.8 Å². The number of benzene rings is 2. The summed E-state index contributed by atoms with van der Waals surface area (Å²) < 4.78 is 47.4. The number of fused-ring (bicyclic) bond motifs is 1. The van der Waals surface area contributed by atoms with Crippen molar-refractivity contribution in [2.24, 2.45) is 5.92 Å². The molecule has 3 aliphatic heterocycles. The van der Waals surface area contributed by atoms with Gasteiger partial charge in [0.05, 0.1) is 36.6 Å². The number of morpholine rings is 1. The highest BCUT2D eigenvalue weighted by molar-refractivity contribution is 6.01. The Bertz CT molecular complexity index is 1630. The van der Waals surface area contributed by atoms with Crippen LogP contribution >= 0.6 is 0 Å². The molecule has 4 unspecified atom stereocenters. The number of hydrogen-bond acceptors (Lipinski definition) is 6. The third-order valence-electron chi connectivity index (χ3n) is 8.70. The van der Waals surface area contributed by atoms with Crippen molar-refractivity contribution in [3.63, 3.8) is 0 Å².